The molecule has 0 bridgehead atoms. The Kier molecular flexibility index (Phi) is 4.47. The Hall–Kier alpha value is -2.68. The number of nitrogens with zero attached hydrogens (tertiary/aromatic N) is 4. The summed E-state index contributed by atoms with van der Waals surface area (Å²) >= 11 is 1.36. The molecule has 1 aliphatic rings. The van der Waals surface area contributed by atoms with Crippen LogP contribution in [-0.4, -0.2) is 32.5 Å². The van der Waals surface area contributed by atoms with Crippen molar-refractivity contribution in [3.8, 4) is 11.4 Å². The zero-order chi connectivity index (χ0) is 19.1. The van der Waals surface area contributed by atoms with Crippen LogP contribution in [0.3, 0.4) is 0 Å². The fourth-order valence-corrected chi connectivity index (χ4v) is 4.15. The minimum Gasteiger partial charge on any atom is -0.337 e. The van der Waals surface area contributed by atoms with Crippen LogP contribution >= 0.6 is 11.3 Å². The summed E-state index contributed by atoms with van der Waals surface area (Å²) in [7, 11) is 0. The number of hydrogen-bond acceptors (Lipinski definition) is 6. The first-order chi connectivity index (χ1) is 12.9. The molecule has 0 aliphatic carbocycles. The van der Waals surface area contributed by atoms with Gasteiger partial charge in [-0.3, -0.25) is 4.79 Å². The number of hydrogen-bond donors (Lipinski definition) is 0. The van der Waals surface area contributed by atoms with Crippen molar-refractivity contribution in [2.45, 2.75) is 32.7 Å². The van der Waals surface area contributed by atoms with Gasteiger partial charge in [0, 0.05) is 12.6 Å². The van der Waals surface area contributed by atoms with Crippen molar-refractivity contribution in [1.82, 2.24) is 20.0 Å². The Bertz CT molecular complexity index is 1020. The van der Waals surface area contributed by atoms with Crippen LogP contribution in [0.25, 0.3) is 11.4 Å². The fourth-order valence-electron chi connectivity index (χ4n) is 3.28. The summed E-state index contributed by atoms with van der Waals surface area (Å²) in [5.41, 5.74) is 0.754. The largest absolute Gasteiger partial charge is 0.337 e. The number of likely N-dealkylation sites (tertiary alicyclic amines) is 1. The minimum absolute atomic E-state index is 0.0339. The van der Waals surface area contributed by atoms with Crippen molar-refractivity contribution in [3.63, 3.8) is 0 Å². The first kappa shape index (κ1) is 17.7. The molecular formula is C18H16F2N4O2S. The Morgan fingerprint density at radius 3 is 2.81 bits per heavy atom. The summed E-state index contributed by atoms with van der Waals surface area (Å²) in [6.07, 6.45) is 1.48. The zero-order valence-electron chi connectivity index (χ0n) is 14.7. The van der Waals surface area contributed by atoms with E-state index in [2.05, 4.69) is 15.1 Å². The second kappa shape index (κ2) is 6.80. The van der Waals surface area contributed by atoms with Gasteiger partial charge in [-0.1, -0.05) is 5.16 Å². The molecule has 1 saturated heterocycles. The number of halogens is 2. The average molecular weight is 390 g/mol. The maximum absolute atomic E-state index is 14.0. The summed E-state index contributed by atoms with van der Waals surface area (Å²) in [5.74, 6) is -1.28. The smallest absolute Gasteiger partial charge is 0.266 e. The van der Waals surface area contributed by atoms with Gasteiger partial charge >= 0.3 is 0 Å². The summed E-state index contributed by atoms with van der Waals surface area (Å²) in [6, 6.07) is 2.80. The molecule has 0 unspecified atom stereocenters. The number of aryl methyl sites for hydroxylation is 2. The molecule has 1 atom stereocenters. The predicted molar refractivity (Wildman–Crippen MR) is 94.2 cm³/mol. The molecule has 0 saturated carbocycles. The highest BCUT2D eigenvalue weighted by atomic mass is 32.1. The van der Waals surface area contributed by atoms with E-state index >= 15 is 0 Å². The highest BCUT2D eigenvalue weighted by Crippen LogP contribution is 2.34. The monoisotopic (exact) mass is 390 g/mol. The molecule has 1 aromatic carbocycles. The third-order valence-corrected chi connectivity index (χ3v) is 5.57. The Labute approximate surface area is 157 Å². The van der Waals surface area contributed by atoms with E-state index in [9.17, 15) is 13.6 Å². The van der Waals surface area contributed by atoms with Crippen molar-refractivity contribution in [3.05, 3.63) is 51.3 Å². The molecule has 3 aromatic rings. The zero-order valence-corrected chi connectivity index (χ0v) is 15.5. The van der Waals surface area contributed by atoms with Crippen LogP contribution in [0.5, 0.6) is 0 Å². The third kappa shape index (κ3) is 3.23. The first-order valence-corrected chi connectivity index (χ1v) is 9.29. The van der Waals surface area contributed by atoms with E-state index in [1.165, 1.54) is 17.4 Å². The number of rotatable bonds is 3. The fraction of sp³-hybridized carbons (Fsp3) is 0.333. The summed E-state index contributed by atoms with van der Waals surface area (Å²) in [4.78, 5) is 23.8. The molecule has 0 N–H and O–H groups in total. The topological polar surface area (TPSA) is 72.1 Å². The van der Waals surface area contributed by atoms with Crippen LogP contribution in [0.2, 0.25) is 0 Å². The van der Waals surface area contributed by atoms with Gasteiger partial charge in [-0.15, -0.1) is 11.3 Å². The summed E-state index contributed by atoms with van der Waals surface area (Å²) in [5, 5.41) is 4.65. The second-order valence-corrected chi connectivity index (χ2v) is 7.59. The Morgan fingerprint density at radius 2 is 2.11 bits per heavy atom. The predicted octanol–water partition coefficient (Wildman–Crippen LogP) is 4.07. The van der Waals surface area contributed by atoms with E-state index in [1.54, 1.807) is 4.90 Å². The Morgan fingerprint density at radius 1 is 1.30 bits per heavy atom. The third-order valence-electron chi connectivity index (χ3n) is 4.51. The molecule has 9 heteroatoms. The maximum Gasteiger partial charge on any atom is 0.266 e. The molecule has 140 valence electrons. The van der Waals surface area contributed by atoms with Crippen LogP contribution in [0.4, 0.5) is 8.78 Å². The van der Waals surface area contributed by atoms with Gasteiger partial charge in [-0.05, 0) is 38.8 Å². The number of carbonyl (C=O) groups excluding carboxylic acids is 1. The molecular weight excluding hydrogens is 374 g/mol. The molecule has 6 nitrogen and oxygen atoms in total. The van der Waals surface area contributed by atoms with Gasteiger partial charge in [-0.25, -0.2) is 13.8 Å². The summed E-state index contributed by atoms with van der Waals surface area (Å²) < 4.78 is 32.4. The first-order valence-electron chi connectivity index (χ1n) is 8.48. The lowest BCUT2D eigenvalue weighted by Gasteiger charge is -2.21. The van der Waals surface area contributed by atoms with Gasteiger partial charge in [0.25, 0.3) is 5.91 Å². The second-order valence-electron chi connectivity index (χ2n) is 6.38. The Balaban J connectivity index is 1.62. The van der Waals surface area contributed by atoms with Crippen molar-refractivity contribution < 1.29 is 18.1 Å². The lowest BCUT2D eigenvalue weighted by atomic mass is 10.2. The molecule has 0 radical (unpaired) electrons. The van der Waals surface area contributed by atoms with E-state index in [4.69, 9.17) is 4.52 Å². The lowest BCUT2D eigenvalue weighted by molar-refractivity contribution is 0.0714. The lowest BCUT2D eigenvalue weighted by Crippen LogP contribution is -2.30. The molecule has 3 heterocycles. The van der Waals surface area contributed by atoms with Gasteiger partial charge in [0.1, 0.15) is 22.6 Å². The highest BCUT2D eigenvalue weighted by molar-refractivity contribution is 7.13. The van der Waals surface area contributed by atoms with Crippen molar-refractivity contribution >= 4 is 17.2 Å². The normalized spacial score (nSPS) is 16.9. The van der Waals surface area contributed by atoms with Gasteiger partial charge in [0.05, 0.1) is 16.3 Å². The molecule has 0 spiro atoms. The van der Waals surface area contributed by atoms with Crippen LogP contribution < -0.4 is 0 Å². The average Bonchev–Trinajstić information content (AvgIpc) is 3.33. The van der Waals surface area contributed by atoms with Gasteiger partial charge in [0.2, 0.25) is 11.7 Å². The molecule has 27 heavy (non-hydrogen) atoms. The molecule has 1 aliphatic heterocycles. The van der Waals surface area contributed by atoms with Gasteiger partial charge in [-0.2, -0.15) is 4.98 Å². The highest BCUT2D eigenvalue weighted by Gasteiger charge is 2.36. The molecule has 1 fully saturated rings. The van der Waals surface area contributed by atoms with Crippen LogP contribution in [-0.2, 0) is 0 Å². The van der Waals surface area contributed by atoms with E-state index in [0.717, 1.165) is 23.6 Å². The number of amides is 1. The standard InChI is InChI=1S/C18H16F2N4O2S/c1-9-15(27-10(2)21-9)18(25)24-7-3-4-14(24)17-22-16(23-26-17)12-6-5-11(19)8-13(12)20/h5-6,8,14H,3-4,7H2,1-2H3/t14-/m0/s1. The number of carbonyl (C=O) groups is 1. The van der Waals surface area contributed by atoms with Crippen LogP contribution in [0, 0.1) is 25.5 Å². The van der Waals surface area contributed by atoms with E-state index in [-0.39, 0.29) is 29.2 Å². The van der Waals surface area contributed by atoms with E-state index in [1.807, 2.05) is 13.8 Å². The van der Waals surface area contributed by atoms with Gasteiger partial charge < -0.3 is 9.42 Å². The SMILES string of the molecule is Cc1nc(C)c(C(=O)N2CCC[C@H]2c2nc(-c3ccc(F)cc3F)no2)s1. The van der Waals surface area contributed by atoms with Crippen LogP contribution in [0.1, 0.15) is 45.1 Å². The maximum atomic E-state index is 14.0. The molecule has 4 rings (SSSR count). The number of aromatic nitrogens is 3. The molecule has 1 amide bonds. The van der Waals surface area contributed by atoms with Gasteiger partial charge in [0.15, 0.2) is 0 Å². The number of benzene rings is 1. The van der Waals surface area contributed by atoms with E-state index in [0.29, 0.717) is 23.5 Å². The van der Waals surface area contributed by atoms with Crippen molar-refractivity contribution in [1.29, 1.82) is 0 Å². The molecule has 2 aromatic heterocycles. The number of thiazole rings is 1. The minimum atomic E-state index is -0.766. The summed E-state index contributed by atoms with van der Waals surface area (Å²) in [6.45, 7) is 4.24. The van der Waals surface area contributed by atoms with Crippen LogP contribution in [0.15, 0.2) is 22.7 Å². The van der Waals surface area contributed by atoms with Crippen molar-refractivity contribution in [2.75, 3.05) is 6.54 Å². The quantitative estimate of drug-likeness (QED) is 0.674. The van der Waals surface area contributed by atoms with E-state index < -0.39 is 11.6 Å². The van der Waals surface area contributed by atoms with Crippen molar-refractivity contribution in [2.24, 2.45) is 0 Å².